The van der Waals surface area contributed by atoms with Crippen LogP contribution >= 0.6 is 0 Å². The first-order valence-corrected chi connectivity index (χ1v) is 11.0. The molecular formula is C28H24BO3. The average Bonchev–Trinajstić information content (AvgIpc) is 3.27. The molecule has 0 amide bonds. The SMILES string of the molecule is CC(C)(O)C(C)(C)O[B]c1cccc2oc3cc4c(cc3c12)-c1cccc2cccc-4c12. The summed E-state index contributed by atoms with van der Waals surface area (Å²) in [5, 5.41) is 15.1. The van der Waals surface area contributed by atoms with Crippen LogP contribution in [0.25, 0.3) is 55.0 Å². The normalized spacial score (nSPS) is 13.3. The van der Waals surface area contributed by atoms with Gasteiger partial charge in [-0.25, -0.2) is 0 Å². The Morgan fingerprint density at radius 1 is 0.750 bits per heavy atom. The van der Waals surface area contributed by atoms with Crippen LogP contribution in [0.5, 0.6) is 0 Å². The van der Waals surface area contributed by atoms with E-state index in [1.807, 2.05) is 32.0 Å². The molecule has 0 saturated heterocycles. The fraction of sp³-hybridized carbons (Fsp3) is 0.214. The molecule has 1 aliphatic carbocycles. The summed E-state index contributed by atoms with van der Waals surface area (Å²) in [5.74, 6) is 0. The first-order valence-electron chi connectivity index (χ1n) is 11.0. The quantitative estimate of drug-likeness (QED) is 0.346. The van der Waals surface area contributed by atoms with E-state index in [1.54, 1.807) is 21.3 Å². The van der Waals surface area contributed by atoms with Crippen molar-refractivity contribution in [1.29, 1.82) is 0 Å². The molecule has 0 fully saturated rings. The third-order valence-corrected chi connectivity index (χ3v) is 7.11. The summed E-state index contributed by atoms with van der Waals surface area (Å²) >= 11 is 0. The number of rotatable bonds is 4. The maximum Gasteiger partial charge on any atom is 0.331 e. The van der Waals surface area contributed by atoms with E-state index >= 15 is 0 Å². The van der Waals surface area contributed by atoms with E-state index in [4.69, 9.17) is 9.07 Å². The van der Waals surface area contributed by atoms with Crippen LogP contribution in [0.1, 0.15) is 27.7 Å². The minimum absolute atomic E-state index is 0.743. The van der Waals surface area contributed by atoms with Gasteiger partial charge in [0.15, 0.2) is 0 Å². The fourth-order valence-electron chi connectivity index (χ4n) is 4.59. The van der Waals surface area contributed by atoms with Crippen molar-refractivity contribution in [2.75, 3.05) is 0 Å². The number of benzene rings is 4. The second-order valence-corrected chi connectivity index (χ2v) is 9.73. The molecule has 0 bridgehead atoms. The van der Waals surface area contributed by atoms with Crippen molar-refractivity contribution >= 4 is 45.7 Å². The molecule has 4 aromatic carbocycles. The molecule has 1 heterocycles. The third-order valence-electron chi connectivity index (χ3n) is 7.11. The molecule has 0 spiro atoms. The lowest BCUT2D eigenvalue weighted by Crippen LogP contribution is -2.49. The summed E-state index contributed by atoms with van der Waals surface area (Å²) in [6.07, 6.45) is 0. The molecular weight excluding hydrogens is 395 g/mol. The molecule has 0 aliphatic heterocycles. The largest absolute Gasteiger partial charge is 0.456 e. The molecule has 1 radical (unpaired) electrons. The van der Waals surface area contributed by atoms with E-state index in [1.165, 1.54) is 33.0 Å². The molecule has 0 atom stereocenters. The Balaban J connectivity index is 1.54. The molecule has 1 N–H and O–H groups in total. The average molecular weight is 419 g/mol. The van der Waals surface area contributed by atoms with Crippen molar-refractivity contribution in [2.24, 2.45) is 0 Å². The summed E-state index contributed by atoms with van der Waals surface area (Å²) in [7, 11) is 1.75. The van der Waals surface area contributed by atoms with Gasteiger partial charge in [0, 0.05) is 10.8 Å². The zero-order valence-corrected chi connectivity index (χ0v) is 18.7. The number of hydrogen-bond acceptors (Lipinski definition) is 3. The molecule has 1 aromatic heterocycles. The molecule has 4 heteroatoms. The van der Waals surface area contributed by atoms with E-state index in [-0.39, 0.29) is 0 Å². The smallest absolute Gasteiger partial charge is 0.331 e. The van der Waals surface area contributed by atoms with Gasteiger partial charge in [-0.1, -0.05) is 48.5 Å². The van der Waals surface area contributed by atoms with E-state index in [9.17, 15) is 5.11 Å². The number of furan rings is 1. The molecule has 0 unspecified atom stereocenters. The van der Waals surface area contributed by atoms with Gasteiger partial charge in [-0.3, -0.25) is 0 Å². The standard InChI is InChI=1S/C28H24BO3/c1-27(2,30)28(3,4)32-29-22-12-7-13-23-26(22)21-14-19-17-10-5-8-16-9-6-11-18(25(16)17)20(19)15-24(21)31-23/h5-15,30H,1-4H3. The number of fused-ring (bicyclic) bond motifs is 6. The highest BCUT2D eigenvalue weighted by Gasteiger charge is 2.36. The lowest BCUT2D eigenvalue weighted by atomic mass is 9.80. The highest BCUT2D eigenvalue weighted by molar-refractivity contribution is 6.53. The summed E-state index contributed by atoms with van der Waals surface area (Å²) in [5.41, 5.74) is 5.89. The predicted molar refractivity (Wildman–Crippen MR) is 133 cm³/mol. The van der Waals surface area contributed by atoms with Crippen LogP contribution in [0.4, 0.5) is 0 Å². The van der Waals surface area contributed by atoms with Gasteiger partial charge in [-0.2, -0.15) is 0 Å². The monoisotopic (exact) mass is 419 g/mol. The molecule has 6 rings (SSSR count). The van der Waals surface area contributed by atoms with E-state index < -0.39 is 11.2 Å². The summed E-state index contributed by atoms with van der Waals surface area (Å²) in [6, 6.07) is 23.4. The van der Waals surface area contributed by atoms with Crippen LogP contribution in [0.2, 0.25) is 0 Å². The van der Waals surface area contributed by atoms with E-state index in [0.29, 0.717) is 0 Å². The Morgan fingerprint density at radius 3 is 2.09 bits per heavy atom. The summed E-state index contributed by atoms with van der Waals surface area (Å²) in [6.45, 7) is 7.30. The lowest BCUT2D eigenvalue weighted by molar-refractivity contribution is -0.0893. The molecule has 157 valence electrons. The Bertz CT molecular complexity index is 1530. The van der Waals surface area contributed by atoms with E-state index in [0.717, 1.165) is 27.4 Å². The Hall–Kier alpha value is -3.08. The van der Waals surface area contributed by atoms with Crippen molar-refractivity contribution in [3.8, 4) is 22.3 Å². The van der Waals surface area contributed by atoms with Crippen LogP contribution in [0.3, 0.4) is 0 Å². The third kappa shape index (κ3) is 2.70. The van der Waals surface area contributed by atoms with Gasteiger partial charge in [0.1, 0.15) is 11.2 Å². The minimum atomic E-state index is -0.985. The van der Waals surface area contributed by atoms with Crippen LogP contribution in [0, 0.1) is 0 Å². The highest BCUT2D eigenvalue weighted by atomic mass is 16.5. The van der Waals surface area contributed by atoms with Crippen LogP contribution in [0.15, 0.2) is 71.1 Å². The first-order chi connectivity index (χ1) is 15.2. The Kier molecular flexibility index (Phi) is 3.96. The zero-order valence-electron chi connectivity index (χ0n) is 18.7. The van der Waals surface area contributed by atoms with Gasteiger partial charge >= 0.3 is 7.48 Å². The minimum Gasteiger partial charge on any atom is -0.456 e. The first kappa shape index (κ1) is 19.6. The number of aliphatic hydroxyl groups is 1. The summed E-state index contributed by atoms with van der Waals surface area (Å²) < 4.78 is 12.4. The molecule has 1 aliphatic rings. The topological polar surface area (TPSA) is 42.6 Å². The van der Waals surface area contributed by atoms with Gasteiger partial charge in [-0.05, 0) is 84.4 Å². The molecule has 3 nitrogen and oxygen atoms in total. The van der Waals surface area contributed by atoms with Gasteiger partial charge in [0.05, 0.1) is 11.2 Å². The van der Waals surface area contributed by atoms with E-state index in [2.05, 4.69) is 48.5 Å². The fourth-order valence-corrected chi connectivity index (χ4v) is 4.59. The van der Waals surface area contributed by atoms with Crippen molar-refractivity contribution < 1.29 is 14.2 Å². The van der Waals surface area contributed by atoms with Crippen molar-refractivity contribution in [3.05, 3.63) is 66.7 Å². The van der Waals surface area contributed by atoms with Gasteiger partial charge < -0.3 is 14.2 Å². The Morgan fingerprint density at radius 2 is 1.41 bits per heavy atom. The van der Waals surface area contributed by atoms with Crippen molar-refractivity contribution in [2.45, 2.75) is 38.9 Å². The molecule has 5 aromatic rings. The van der Waals surface area contributed by atoms with Gasteiger partial charge in [-0.15, -0.1) is 0 Å². The van der Waals surface area contributed by atoms with Gasteiger partial charge in [0.25, 0.3) is 0 Å². The maximum atomic E-state index is 10.5. The predicted octanol–water partition coefficient (Wildman–Crippen LogP) is 6.20. The van der Waals surface area contributed by atoms with Crippen LogP contribution < -0.4 is 5.46 Å². The van der Waals surface area contributed by atoms with Crippen molar-refractivity contribution in [3.63, 3.8) is 0 Å². The Labute approximate surface area is 187 Å². The zero-order chi connectivity index (χ0) is 22.3. The van der Waals surface area contributed by atoms with Crippen molar-refractivity contribution in [1.82, 2.24) is 0 Å². The maximum absolute atomic E-state index is 10.5. The molecule has 0 saturated carbocycles. The lowest BCUT2D eigenvalue weighted by Gasteiger charge is -2.37. The highest BCUT2D eigenvalue weighted by Crippen LogP contribution is 2.49. The summed E-state index contributed by atoms with van der Waals surface area (Å²) in [4.78, 5) is 0. The van der Waals surface area contributed by atoms with Crippen LogP contribution in [-0.2, 0) is 4.65 Å². The second kappa shape index (κ2) is 6.47. The molecule has 32 heavy (non-hydrogen) atoms. The number of hydrogen-bond donors (Lipinski definition) is 1. The van der Waals surface area contributed by atoms with Crippen LogP contribution in [-0.4, -0.2) is 23.8 Å². The van der Waals surface area contributed by atoms with Gasteiger partial charge in [0.2, 0.25) is 0 Å². The second-order valence-electron chi connectivity index (χ2n) is 9.73.